The van der Waals surface area contributed by atoms with Crippen molar-refractivity contribution in [1.82, 2.24) is 20.4 Å². The van der Waals surface area contributed by atoms with Gasteiger partial charge < -0.3 is 10.2 Å². The smallest absolute Gasteiger partial charge is 0.255 e. The molecular formula is C28H38F3N5O3. The molecule has 11 heteroatoms. The van der Waals surface area contributed by atoms with Crippen LogP contribution in [0.5, 0.6) is 0 Å². The highest BCUT2D eigenvalue weighted by Crippen LogP contribution is 2.28. The van der Waals surface area contributed by atoms with Gasteiger partial charge in [0, 0.05) is 25.3 Å². The monoisotopic (exact) mass is 549 g/mol. The molecule has 1 saturated carbocycles. The highest BCUT2D eigenvalue weighted by molar-refractivity contribution is 6.01. The molecule has 1 aliphatic heterocycles. The van der Waals surface area contributed by atoms with Crippen LogP contribution in [0.3, 0.4) is 0 Å². The molecule has 0 atom stereocenters. The molecule has 0 radical (unpaired) electrons. The number of benzene rings is 1. The second-order valence-corrected chi connectivity index (χ2v) is 8.75. The third-order valence-electron chi connectivity index (χ3n) is 6.20. The molecule has 2 N–H and O–H groups in total. The highest BCUT2D eigenvalue weighted by Gasteiger charge is 2.24. The number of hydroxylamine groups is 1. The molecule has 1 aromatic carbocycles. The topological polar surface area (TPSA) is 88.0 Å². The molecular weight excluding hydrogens is 511 g/mol. The number of carbonyl (C=O) groups excluding carboxylic acids is 2. The van der Waals surface area contributed by atoms with Crippen molar-refractivity contribution < 1.29 is 27.6 Å². The van der Waals surface area contributed by atoms with Crippen molar-refractivity contribution in [3.8, 4) is 0 Å². The maximum Gasteiger partial charge on any atom is 0.255 e. The number of rotatable bonds is 5. The van der Waals surface area contributed by atoms with Gasteiger partial charge in [0.25, 0.3) is 5.91 Å². The number of anilines is 1. The number of aromatic nitrogens is 2. The first-order chi connectivity index (χ1) is 18.9. The highest BCUT2D eigenvalue weighted by atomic mass is 19.1. The predicted octanol–water partition coefficient (Wildman–Crippen LogP) is 5.42. The lowest BCUT2D eigenvalue weighted by atomic mass is 9.95. The molecule has 8 nitrogen and oxygen atoms in total. The Labute approximate surface area is 227 Å². The Morgan fingerprint density at radius 1 is 0.974 bits per heavy atom. The summed E-state index contributed by atoms with van der Waals surface area (Å²) in [6.45, 7) is 5.73. The fraction of sp³-hybridized carbons (Fsp3) is 0.464. The molecule has 2 fully saturated rings. The average Bonchev–Trinajstić information content (AvgIpc) is 3.65. The Bertz CT molecular complexity index is 1120. The van der Waals surface area contributed by atoms with Crippen LogP contribution in [0.1, 0.15) is 69.2 Å². The van der Waals surface area contributed by atoms with Crippen LogP contribution in [-0.2, 0) is 9.63 Å². The van der Waals surface area contributed by atoms with Gasteiger partial charge in [-0.1, -0.05) is 33.1 Å². The number of hydrogen-bond donors (Lipinski definition) is 2. The fourth-order valence-corrected chi connectivity index (χ4v) is 4.39. The van der Waals surface area contributed by atoms with Gasteiger partial charge in [-0.25, -0.2) is 23.2 Å². The number of carbonyl (C=O) groups is 2. The number of nitrogens with zero attached hydrogens (tertiary/aromatic N) is 3. The van der Waals surface area contributed by atoms with Gasteiger partial charge in [-0.3, -0.25) is 14.4 Å². The van der Waals surface area contributed by atoms with Crippen molar-refractivity contribution in [1.29, 1.82) is 0 Å². The number of nitrogens with one attached hydrogen (secondary N) is 2. The van der Waals surface area contributed by atoms with Gasteiger partial charge in [0.2, 0.25) is 6.41 Å². The number of amides is 2. The van der Waals surface area contributed by atoms with E-state index in [2.05, 4.69) is 15.3 Å². The standard InChI is InChI=1S/C18H23FN4O.C6H4F2.C2H5NO2.C2H6/c19-16-15(22-9-4-5-10-22)8-11-23-17(16)14(12-20-23)18(24)21-13-6-2-1-3-7-13;7-5-1-2-6(8)4-3-5;1-5-3-2-4;1-2/h8,11-13H,1-7,9-10H2,(H,21,24);1-4H;2H,1H3,(H,3,4);1-2H3. The number of halogens is 3. The van der Waals surface area contributed by atoms with Crippen LogP contribution < -0.4 is 15.7 Å². The molecule has 214 valence electrons. The summed E-state index contributed by atoms with van der Waals surface area (Å²) in [7, 11) is 1.37. The number of pyridine rings is 1. The molecule has 1 aliphatic carbocycles. The van der Waals surface area contributed by atoms with Gasteiger partial charge in [0.05, 0.1) is 24.6 Å². The first-order valence-corrected chi connectivity index (χ1v) is 13.3. The summed E-state index contributed by atoms with van der Waals surface area (Å²) in [4.78, 5) is 27.9. The van der Waals surface area contributed by atoms with Crippen molar-refractivity contribution in [2.24, 2.45) is 0 Å². The molecule has 5 rings (SSSR count). The fourth-order valence-electron chi connectivity index (χ4n) is 4.39. The van der Waals surface area contributed by atoms with Crippen molar-refractivity contribution >= 4 is 23.5 Å². The minimum Gasteiger partial charge on any atom is -0.369 e. The summed E-state index contributed by atoms with van der Waals surface area (Å²) in [6.07, 6.45) is 11.4. The first kappa shape index (κ1) is 31.6. The largest absolute Gasteiger partial charge is 0.369 e. The molecule has 2 amide bonds. The Balaban J connectivity index is 0.000000294. The van der Waals surface area contributed by atoms with Crippen LogP contribution in [0.4, 0.5) is 18.9 Å². The lowest BCUT2D eigenvalue weighted by Gasteiger charge is -2.22. The van der Waals surface area contributed by atoms with Crippen LogP contribution in [0.15, 0.2) is 42.7 Å². The molecule has 2 aliphatic rings. The summed E-state index contributed by atoms with van der Waals surface area (Å²) in [6, 6.07) is 6.27. The molecule has 3 aromatic rings. The summed E-state index contributed by atoms with van der Waals surface area (Å²) >= 11 is 0. The van der Waals surface area contributed by atoms with Crippen molar-refractivity contribution in [2.45, 2.75) is 64.8 Å². The zero-order chi connectivity index (χ0) is 28.6. The van der Waals surface area contributed by atoms with Gasteiger partial charge >= 0.3 is 0 Å². The molecule has 0 spiro atoms. The van der Waals surface area contributed by atoms with Crippen molar-refractivity contribution in [3.05, 3.63) is 65.7 Å². The van der Waals surface area contributed by atoms with Gasteiger partial charge in [-0.15, -0.1) is 0 Å². The third kappa shape index (κ3) is 9.58. The van der Waals surface area contributed by atoms with E-state index >= 15 is 4.39 Å². The summed E-state index contributed by atoms with van der Waals surface area (Å²) in [5.74, 6) is -1.38. The molecule has 39 heavy (non-hydrogen) atoms. The van der Waals surface area contributed by atoms with E-state index in [-0.39, 0.29) is 23.3 Å². The molecule has 0 unspecified atom stereocenters. The van der Waals surface area contributed by atoms with Crippen LogP contribution in [-0.4, -0.2) is 48.2 Å². The van der Waals surface area contributed by atoms with E-state index in [0.29, 0.717) is 17.7 Å². The first-order valence-electron chi connectivity index (χ1n) is 13.3. The molecule has 2 aromatic heterocycles. The normalized spacial score (nSPS) is 14.7. The van der Waals surface area contributed by atoms with E-state index in [1.807, 2.05) is 24.2 Å². The maximum atomic E-state index is 15.1. The second kappa shape index (κ2) is 17.1. The van der Waals surface area contributed by atoms with E-state index in [9.17, 15) is 13.6 Å². The van der Waals surface area contributed by atoms with Gasteiger partial charge in [0.15, 0.2) is 5.82 Å². The van der Waals surface area contributed by atoms with E-state index in [4.69, 9.17) is 4.79 Å². The van der Waals surface area contributed by atoms with Crippen molar-refractivity contribution in [2.75, 3.05) is 25.1 Å². The SMILES string of the molecule is CC.CONC=O.Fc1ccc(F)cc1.O=C(NC1CCCCC1)c1cnn2ccc(N3CCCC3)c(F)c12. The average molecular weight is 550 g/mol. The zero-order valence-corrected chi connectivity index (χ0v) is 22.8. The molecule has 0 bridgehead atoms. The Hall–Kier alpha value is -3.60. The van der Waals surface area contributed by atoms with E-state index in [1.54, 1.807) is 12.3 Å². The quantitative estimate of drug-likeness (QED) is 0.328. The van der Waals surface area contributed by atoms with Gasteiger partial charge in [0.1, 0.15) is 17.2 Å². The lowest BCUT2D eigenvalue weighted by Crippen LogP contribution is -2.36. The van der Waals surface area contributed by atoms with Gasteiger partial charge in [-0.05, 0) is 56.0 Å². The van der Waals surface area contributed by atoms with Crippen LogP contribution in [0, 0.1) is 17.5 Å². The maximum absolute atomic E-state index is 15.1. The molecule has 1 saturated heterocycles. The van der Waals surface area contributed by atoms with E-state index in [0.717, 1.165) is 75.9 Å². The Morgan fingerprint density at radius 3 is 2.08 bits per heavy atom. The third-order valence-corrected chi connectivity index (χ3v) is 6.20. The lowest BCUT2D eigenvalue weighted by molar-refractivity contribution is -0.118. The summed E-state index contributed by atoms with van der Waals surface area (Å²) < 4.78 is 40.4. The second-order valence-electron chi connectivity index (χ2n) is 8.75. The Morgan fingerprint density at radius 2 is 1.56 bits per heavy atom. The van der Waals surface area contributed by atoms with Crippen LogP contribution in [0.25, 0.3) is 5.52 Å². The van der Waals surface area contributed by atoms with E-state index < -0.39 is 11.6 Å². The Kier molecular flexibility index (Phi) is 13.8. The predicted molar refractivity (Wildman–Crippen MR) is 145 cm³/mol. The van der Waals surface area contributed by atoms with Crippen LogP contribution in [0.2, 0.25) is 0 Å². The summed E-state index contributed by atoms with van der Waals surface area (Å²) in [5, 5.41) is 7.22. The minimum absolute atomic E-state index is 0.200. The minimum atomic E-state index is -0.411. The molecule has 3 heterocycles. The number of hydrogen-bond acceptors (Lipinski definition) is 5. The van der Waals surface area contributed by atoms with Crippen LogP contribution >= 0.6 is 0 Å². The van der Waals surface area contributed by atoms with Crippen molar-refractivity contribution in [3.63, 3.8) is 0 Å². The summed E-state index contributed by atoms with van der Waals surface area (Å²) in [5.41, 5.74) is 3.12. The number of fused-ring (bicyclic) bond motifs is 1. The zero-order valence-electron chi connectivity index (χ0n) is 22.8. The van der Waals surface area contributed by atoms with E-state index in [1.165, 1.54) is 24.2 Å². The van der Waals surface area contributed by atoms with Gasteiger partial charge in [-0.2, -0.15) is 5.10 Å².